The Bertz CT molecular complexity index is 558. The smallest absolute Gasteiger partial charge is 0.138 e. The summed E-state index contributed by atoms with van der Waals surface area (Å²) in [6.07, 6.45) is 0. The molecule has 82 valence electrons. The molecule has 3 heteroatoms. The van der Waals surface area contributed by atoms with Gasteiger partial charge in [0.15, 0.2) is 0 Å². The lowest BCUT2D eigenvalue weighted by molar-refractivity contribution is 0.429. The van der Waals surface area contributed by atoms with Crippen LogP contribution < -0.4 is 4.74 Å². The van der Waals surface area contributed by atoms with Crippen LogP contribution in [0.15, 0.2) is 42.7 Å². The van der Waals surface area contributed by atoms with Crippen molar-refractivity contribution in [2.45, 2.75) is 6.92 Å². The Morgan fingerprint density at radius 1 is 1.12 bits per heavy atom. The highest BCUT2D eigenvalue weighted by Gasteiger charge is 2.10. The number of benzene rings is 2. The molecule has 2 aromatic carbocycles. The molecular weight excluding hydrogens is 204 g/mol. The van der Waals surface area contributed by atoms with E-state index in [1.807, 2.05) is 0 Å². The van der Waals surface area contributed by atoms with Crippen molar-refractivity contribution < 1.29 is 14.9 Å². The third-order valence-electron chi connectivity index (χ3n) is 2.24. The van der Waals surface area contributed by atoms with E-state index in [2.05, 4.69) is 6.58 Å². The third kappa shape index (κ3) is 1.67. The van der Waals surface area contributed by atoms with E-state index in [4.69, 9.17) is 4.74 Å². The molecule has 0 heterocycles. The van der Waals surface area contributed by atoms with Gasteiger partial charge in [0, 0.05) is 5.39 Å². The molecule has 0 fully saturated rings. The Balaban J connectivity index is 2.75. The maximum Gasteiger partial charge on any atom is 0.138 e. The Labute approximate surface area is 93.2 Å². The Morgan fingerprint density at radius 3 is 2.50 bits per heavy atom. The molecule has 2 rings (SSSR count). The van der Waals surface area contributed by atoms with E-state index >= 15 is 0 Å². The number of aromatic hydroxyl groups is 2. The fraction of sp³-hybridized carbons (Fsp3) is 0.0769. The summed E-state index contributed by atoms with van der Waals surface area (Å²) < 4.78 is 5.40. The molecule has 0 aliphatic heterocycles. The fourth-order valence-electron chi connectivity index (χ4n) is 1.61. The molecule has 0 saturated heterocycles. The van der Waals surface area contributed by atoms with E-state index < -0.39 is 0 Å². The minimum absolute atomic E-state index is 0.0738. The van der Waals surface area contributed by atoms with Gasteiger partial charge in [0.05, 0.1) is 11.1 Å². The monoisotopic (exact) mass is 216 g/mol. The lowest BCUT2D eigenvalue weighted by Crippen LogP contribution is -1.90. The van der Waals surface area contributed by atoms with Crippen LogP contribution in [-0.2, 0) is 0 Å². The normalized spacial score (nSPS) is 10.3. The molecular formula is C13H12O3. The standard InChI is InChI=1S/C13H12O3/c1-8(2)16-12-5-3-4-9-10(14)6-7-11(15)13(9)12/h3-7,14-15H,1H2,2H3. The quantitative estimate of drug-likeness (QED) is 0.598. The van der Waals surface area contributed by atoms with Crippen LogP contribution in [0.2, 0.25) is 0 Å². The van der Waals surface area contributed by atoms with Crippen molar-refractivity contribution in [3.63, 3.8) is 0 Å². The van der Waals surface area contributed by atoms with Crippen LogP contribution in [0.1, 0.15) is 6.92 Å². The van der Waals surface area contributed by atoms with Crippen molar-refractivity contribution in [1.82, 2.24) is 0 Å². The van der Waals surface area contributed by atoms with E-state index in [0.717, 1.165) is 0 Å². The number of allylic oxidation sites excluding steroid dienone is 1. The van der Waals surface area contributed by atoms with Crippen molar-refractivity contribution in [3.8, 4) is 17.2 Å². The Kier molecular flexibility index (Phi) is 2.44. The van der Waals surface area contributed by atoms with Gasteiger partial charge < -0.3 is 14.9 Å². The summed E-state index contributed by atoms with van der Waals surface area (Å²) in [6.45, 7) is 5.36. The summed E-state index contributed by atoms with van der Waals surface area (Å²) in [5, 5.41) is 20.5. The first kappa shape index (κ1) is 10.4. The lowest BCUT2D eigenvalue weighted by atomic mass is 10.1. The molecule has 0 saturated carbocycles. The van der Waals surface area contributed by atoms with E-state index in [-0.39, 0.29) is 11.5 Å². The minimum atomic E-state index is 0.0738. The highest BCUT2D eigenvalue weighted by Crippen LogP contribution is 2.38. The molecule has 0 atom stereocenters. The predicted octanol–water partition coefficient (Wildman–Crippen LogP) is 3.16. The topological polar surface area (TPSA) is 49.7 Å². The van der Waals surface area contributed by atoms with Crippen LogP contribution in [0.3, 0.4) is 0 Å². The first-order chi connectivity index (χ1) is 7.59. The second-order valence-electron chi connectivity index (χ2n) is 3.59. The second kappa shape index (κ2) is 3.77. The van der Waals surface area contributed by atoms with Crippen LogP contribution in [0, 0.1) is 0 Å². The SMILES string of the molecule is C=C(C)Oc1cccc2c(O)ccc(O)c12. The van der Waals surface area contributed by atoms with Crippen molar-refractivity contribution >= 4 is 10.8 Å². The summed E-state index contributed by atoms with van der Waals surface area (Å²) in [5.74, 6) is 1.19. The van der Waals surface area contributed by atoms with Crippen molar-refractivity contribution in [2.24, 2.45) is 0 Å². The fourth-order valence-corrected chi connectivity index (χ4v) is 1.61. The number of fused-ring (bicyclic) bond motifs is 1. The van der Waals surface area contributed by atoms with Crippen LogP contribution in [0.4, 0.5) is 0 Å². The van der Waals surface area contributed by atoms with Gasteiger partial charge in [-0.2, -0.15) is 0 Å². The summed E-state index contributed by atoms with van der Waals surface area (Å²) in [4.78, 5) is 0. The third-order valence-corrected chi connectivity index (χ3v) is 2.24. The van der Waals surface area contributed by atoms with Gasteiger partial charge in [-0.15, -0.1) is 0 Å². The molecule has 0 aromatic heterocycles. The van der Waals surface area contributed by atoms with Crippen LogP contribution >= 0.6 is 0 Å². The number of phenolic OH excluding ortho intramolecular Hbond substituents is 2. The molecule has 0 spiro atoms. The highest BCUT2D eigenvalue weighted by atomic mass is 16.5. The zero-order chi connectivity index (χ0) is 11.7. The molecule has 3 nitrogen and oxygen atoms in total. The van der Waals surface area contributed by atoms with Gasteiger partial charge in [-0.1, -0.05) is 18.7 Å². The average molecular weight is 216 g/mol. The maximum atomic E-state index is 9.77. The minimum Gasteiger partial charge on any atom is -0.507 e. The molecule has 0 aliphatic carbocycles. The Morgan fingerprint density at radius 2 is 1.81 bits per heavy atom. The van der Waals surface area contributed by atoms with Gasteiger partial charge in [-0.25, -0.2) is 0 Å². The van der Waals surface area contributed by atoms with Crippen molar-refractivity contribution in [1.29, 1.82) is 0 Å². The number of phenols is 2. The van der Waals surface area contributed by atoms with E-state index in [1.54, 1.807) is 25.1 Å². The number of ether oxygens (including phenoxy) is 1. The first-order valence-electron chi connectivity index (χ1n) is 4.86. The molecule has 0 radical (unpaired) electrons. The summed E-state index contributed by atoms with van der Waals surface area (Å²) >= 11 is 0. The van der Waals surface area contributed by atoms with Gasteiger partial charge in [-0.05, 0) is 25.1 Å². The molecule has 0 unspecified atom stereocenters. The van der Waals surface area contributed by atoms with Crippen LogP contribution in [0.25, 0.3) is 10.8 Å². The first-order valence-corrected chi connectivity index (χ1v) is 4.86. The average Bonchev–Trinajstić information content (AvgIpc) is 2.23. The van der Waals surface area contributed by atoms with Crippen LogP contribution in [-0.4, -0.2) is 10.2 Å². The molecule has 2 aromatic rings. The summed E-state index contributed by atoms with van der Waals surface area (Å²) in [7, 11) is 0. The van der Waals surface area contributed by atoms with Crippen LogP contribution in [0.5, 0.6) is 17.2 Å². The van der Waals surface area contributed by atoms with E-state index in [0.29, 0.717) is 22.3 Å². The number of hydrogen-bond donors (Lipinski definition) is 2. The second-order valence-corrected chi connectivity index (χ2v) is 3.59. The maximum absolute atomic E-state index is 9.77. The van der Waals surface area contributed by atoms with Gasteiger partial charge >= 0.3 is 0 Å². The van der Waals surface area contributed by atoms with Gasteiger partial charge in [0.2, 0.25) is 0 Å². The lowest BCUT2D eigenvalue weighted by Gasteiger charge is -2.10. The van der Waals surface area contributed by atoms with Gasteiger partial charge in [0.1, 0.15) is 17.2 Å². The summed E-state index contributed by atoms with van der Waals surface area (Å²) in [6, 6.07) is 8.07. The number of hydrogen-bond acceptors (Lipinski definition) is 3. The van der Waals surface area contributed by atoms with E-state index in [1.165, 1.54) is 12.1 Å². The number of rotatable bonds is 2. The molecule has 2 N–H and O–H groups in total. The predicted molar refractivity (Wildman–Crippen MR) is 62.7 cm³/mol. The molecule has 0 aliphatic rings. The van der Waals surface area contributed by atoms with Crippen molar-refractivity contribution in [3.05, 3.63) is 42.7 Å². The van der Waals surface area contributed by atoms with Gasteiger partial charge in [-0.3, -0.25) is 0 Å². The molecule has 16 heavy (non-hydrogen) atoms. The zero-order valence-corrected chi connectivity index (χ0v) is 8.90. The Hall–Kier alpha value is -2.16. The van der Waals surface area contributed by atoms with Crippen molar-refractivity contribution in [2.75, 3.05) is 0 Å². The molecule has 0 bridgehead atoms. The van der Waals surface area contributed by atoms with E-state index in [9.17, 15) is 10.2 Å². The van der Waals surface area contributed by atoms with Gasteiger partial charge in [0.25, 0.3) is 0 Å². The zero-order valence-electron chi connectivity index (χ0n) is 8.90. The summed E-state index contributed by atoms with van der Waals surface area (Å²) in [5.41, 5.74) is 0. The molecule has 0 amide bonds. The largest absolute Gasteiger partial charge is 0.507 e. The highest BCUT2D eigenvalue weighted by molar-refractivity contribution is 5.97.